The number of amides is 1. The number of aromatic hydroxyl groups is 1. The third-order valence-corrected chi connectivity index (χ3v) is 6.83. The summed E-state index contributed by atoms with van der Waals surface area (Å²) in [6.07, 6.45) is 7.86. The largest absolute Gasteiger partial charge is 0.508 e. The van der Waals surface area contributed by atoms with Gasteiger partial charge in [0.15, 0.2) is 17.5 Å². The Hall–Kier alpha value is -3.44. The summed E-state index contributed by atoms with van der Waals surface area (Å²) in [4.78, 5) is 41.6. The molecular weight excluding hydrogens is 490 g/mol. The van der Waals surface area contributed by atoms with Crippen LogP contribution in [-0.4, -0.2) is 52.2 Å². The lowest BCUT2D eigenvalue weighted by molar-refractivity contribution is -0.127. The van der Waals surface area contributed by atoms with Gasteiger partial charge in [0, 0.05) is 27.1 Å². The maximum Gasteiger partial charge on any atom is 0.332 e. The van der Waals surface area contributed by atoms with Gasteiger partial charge in [0.1, 0.15) is 5.75 Å². The molecule has 11 heteroatoms. The van der Waals surface area contributed by atoms with Gasteiger partial charge in [-0.1, -0.05) is 50.7 Å². The molecule has 11 nitrogen and oxygen atoms in total. The van der Waals surface area contributed by atoms with Gasteiger partial charge in [-0.05, 0) is 37.0 Å². The van der Waals surface area contributed by atoms with Crippen molar-refractivity contribution >= 4 is 17.1 Å². The molecule has 0 spiro atoms. The smallest absolute Gasteiger partial charge is 0.332 e. The van der Waals surface area contributed by atoms with Crippen molar-refractivity contribution < 1.29 is 20.1 Å². The van der Waals surface area contributed by atoms with Crippen molar-refractivity contribution in [1.82, 2.24) is 24.0 Å². The third-order valence-electron chi connectivity index (χ3n) is 6.83. The second-order valence-electron chi connectivity index (χ2n) is 9.86. The van der Waals surface area contributed by atoms with E-state index in [1.807, 2.05) is 0 Å². The predicted molar refractivity (Wildman–Crippen MR) is 144 cm³/mol. The first-order valence-corrected chi connectivity index (χ1v) is 13.2. The van der Waals surface area contributed by atoms with Gasteiger partial charge in [-0.3, -0.25) is 18.7 Å². The van der Waals surface area contributed by atoms with Gasteiger partial charge in [-0.15, -0.1) is 0 Å². The van der Waals surface area contributed by atoms with Gasteiger partial charge >= 0.3 is 5.69 Å². The number of aliphatic hydroxyl groups excluding tert-OH is 1. The van der Waals surface area contributed by atoms with Crippen LogP contribution in [0, 0.1) is 0 Å². The number of aromatic nitrogens is 4. The minimum atomic E-state index is -1.67. The molecule has 0 saturated carbocycles. The Kier molecular flexibility index (Phi) is 10.7. The van der Waals surface area contributed by atoms with Gasteiger partial charge in [0.25, 0.3) is 5.56 Å². The van der Waals surface area contributed by atoms with Crippen LogP contribution >= 0.6 is 0 Å². The zero-order valence-electron chi connectivity index (χ0n) is 22.2. The van der Waals surface area contributed by atoms with E-state index in [0.717, 1.165) is 56.9 Å². The number of nitrogens with zero attached hydrogens (tertiary/aromatic N) is 4. The highest BCUT2D eigenvalue weighted by atomic mass is 16.5. The number of phenols is 1. The number of carbonyl (C=O) groups is 1. The second kappa shape index (κ2) is 13.9. The number of benzene rings is 1. The van der Waals surface area contributed by atoms with E-state index in [0.29, 0.717) is 24.1 Å². The van der Waals surface area contributed by atoms with Crippen LogP contribution in [0.3, 0.4) is 0 Å². The molecule has 0 radical (unpaired) electrons. The number of fused-ring (bicyclic) bond motifs is 1. The average Bonchev–Trinajstić information content (AvgIpc) is 3.28. The van der Waals surface area contributed by atoms with Gasteiger partial charge in [0.05, 0.1) is 12.4 Å². The number of hydrogen-bond acceptors (Lipinski definition) is 7. The second-order valence-corrected chi connectivity index (χ2v) is 9.86. The fourth-order valence-electron chi connectivity index (χ4n) is 4.61. The lowest BCUT2D eigenvalue weighted by atomic mass is 10.0. The van der Waals surface area contributed by atoms with E-state index in [1.165, 1.54) is 27.6 Å². The van der Waals surface area contributed by atoms with Crippen LogP contribution in [0.4, 0.5) is 0 Å². The van der Waals surface area contributed by atoms with Crippen LogP contribution in [0.25, 0.3) is 11.2 Å². The Morgan fingerprint density at radius 3 is 2.18 bits per heavy atom. The van der Waals surface area contributed by atoms with Crippen molar-refractivity contribution in [2.24, 2.45) is 14.1 Å². The molecule has 3 rings (SSSR count). The number of phenolic OH excluding ortho intramolecular Hbond substituents is 1. The molecule has 0 fully saturated rings. The van der Waals surface area contributed by atoms with Gasteiger partial charge in [-0.25, -0.2) is 9.78 Å². The van der Waals surface area contributed by atoms with E-state index in [2.05, 4.69) is 10.3 Å². The average molecular weight is 530 g/mol. The van der Waals surface area contributed by atoms with Crippen LogP contribution < -0.4 is 16.6 Å². The molecule has 0 bridgehead atoms. The summed E-state index contributed by atoms with van der Waals surface area (Å²) in [7, 11) is 3.37. The molecular formula is C27H39N5O6. The van der Waals surface area contributed by atoms with Crippen molar-refractivity contribution in [2.75, 3.05) is 0 Å². The number of unbranched alkanes of at least 4 members (excludes halogenated alkanes) is 7. The Labute approximate surface area is 221 Å². The van der Waals surface area contributed by atoms with Crippen LogP contribution in [0.2, 0.25) is 0 Å². The number of aliphatic hydroxyl groups is 2. The summed E-state index contributed by atoms with van der Waals surface area (Å²) < 4.78 is 4.35. The summed E-state index contributed by atoms with van der Waals surface area (Å²) in [5.74, 6) is -0.0886. The van der Waals surface area contributed by atoms with E-state index in [-0.39, 0.29) is 29.3 Å². The predicted octanol–water partition coefficient (Wildman–Crippen LogP) is 1.69. The fourth-order valence-corrected chi connectivity index (χ4v) is 4.61. The van der Waals surface area contributed by atoms with E-state index in [9.17, 15) is 29.7 Å². The maximum absolute atomic E-state index is 12.7. The molecule has 1 unspecified atom stereocenters. The van der Waals surface area contributed by atoms with Crippen LogP contribution in [0.15, 0.2) is 40.2 Å². The fraction of sp³-hybridized carbons (Fsp3) is 0.556. The normalized spacial score (nSPS) is 12.3. The lowest BCUT2D eigenvalue weighted by Gasteiger charge is -2.20. The summed E-state index contributed by atoms with van der Waals surface area (Å²) in [6.45, 7) is 0.387. The first-order valence-electron chi connectivity index (χ1n) is 13.2. The van der Waals surface area contributed by atoms with Crippen LogP contribution in [0.1, 0.15) is 63.4 Å². The van der Waals surface area contributed by atoms with Crippen molar-refractivity contribution in [3.8, 4) is 5.75 Å². The van der Waals surface area contributed by atoms with E-state index < -0.39 is 12.3 Å². The summed E-state index contributed by atoms with van der Waals surface area (Å²) >= 11 is 0. The number of nitrogens with one attached hydrogen (secondary N) is 1. The molecule has 2 heterocycles. The molecule has 1 atom stereocenters. The minimum absolute atomic E-state index is 0.127. The quantitative estimate of drug-likeness (QED) is 0.173. The van der Waals surface area contributed by atoms with Crippen molar-refractivity contribution in [3.63, 3.8) is 0 Å². The molecule has 38 heavy (non-hydrogen) atoms. The number of hydrogen-bond donors (Lipinski definition) is 4. The zero-order valence-corrected chi connectivity index (χ0v) is 22.2. The maximum atomic E-state index is 12.7. The third kappa shape index (κ3) is 7.78. The Morgan fingerprint density at radius 1 is 0.947 bits per heavy atom. The topological polar surface area (TPSA) is 152 Å². The monoisotopic (exact) mass is 529 g/mol. The van der Waals surface area contributed by atoms with Crippen LogP contribution in [-0.2, 0) is 31.9 Å². The van der Waals surface area contributed by atoms with E-state index >= 15 is 0 Å². The Bertz CT molecular complexity index is 1310. The Morgan fingerprint density at radius 2 is 1.55 bits per heavy atom. The summed E-state index contributed by atoms with van der Waals surface area (Å²) in [5.41, 5.74) is 0.972. The zero-order chi connectivity index (χ0) is 27.7. The molecule has 1 aromatic carbocycles. The number of aryl methyl sites for hydroxylation is 2. The molecule has 1 amide bonds. The lowest BCUT2D eigenvalue weighted by Crippen LogP contribution is -2.44. The summed E-state index contributed by atoms with van der Waals surface area (Å²) in [5, 5.41) is 31.3. The first kappa shape index (κ1) is 29.1. The minimum Gasteiger partial charge on any atom is -0.508 e. The molecule has 3 aromatic rings. The van der Waals surface area contributed by atoms with Gasteiger partial charge in [-0.2, -0.15) is 0 Å². The van der Waals surface area contributed by atoms with E-state index in [1.54, 1.807) is 30.8 Å². The number of rotatable bonds is 15. The molecule has 0 aliphatic carbocycles. The highest BCUT2D eigenvalue weighted by Crippen LogP contribution is 2.13. The van der Waals surface area contributed by atoms with Gasteiger partial charge in [0.2, 0.25) is 5.91 Å². The SMILES string of the molecule is Cn1cnc2c1c(=O)n(CCCCCCCCCCC(=O)NC(Cc1ccc(O)cc1)C(O)O)c(=O)n2C. The van der Waals surface area contributed by atoms with Crippen molar-refractivity contribution in [1.29, 1.82) is 0 Å². The van der Waals surface area contributed by atoms with E-state index in [4.69, 9.17) is 0 Å². The molecule has 2 aromatic heterocycles. The molecule has 0 aliphatic heterocycles. The number of imidazole rings is 1. The standard InChI is InChI=1S/C27H39N5O6/c1-30-18-28-24-23(30)25(35)32(27(38)31(24)2)16-10-8-6-4-3-5-7-9-11-22(34)29-21(26(36)37)17-19-12-14-20(33)15-13-19/h12-15,18,21,26,33,36-37H,3-11,16-17H2,1-2H3,(H,29,34). The summed E-state index contributed by atoms with van der Waals surface area (Å²) in [6, 6.07) is 5.58. The highest BCUT2D eigenvalue weighted by molar-refractivity contribution is 5.76. The van der Waals surface area contributed by atoms with Gasteiger partial charge < -0.3 is 25.2 Å². The first-order chi connectivity index (χ1) is 18.2. The molecule has 0 aliphatic rings. The Balaban J connectivity index is 1.28. The molecule has 208 valence electrons. The van der Waals surface area contributed by atoms with Crippen molar-refractivity contribution in [3.05, 3.63) is 57.0 Å². The number of carbonyl (C=O) groups excluding carboxylic acids is 1. The highest BCUT2D eigenvalue weighted by Gasteiger charge is 2.19. The molecule has 0 saturated heterocycles. The molecule has 4 N–H and O–H groups in total. The van der Waals surface area contributed by atoms with Crippen LogP contribution in [0.5, 0.6) is 5.75 Å². The van der Waals surface area contributed by atoms with Crippen molar-refractivity contribution in [2.45, 2.75) is 83.1 Å².